The van der Waals surface area contributed by atoms with Crippen molar-refractivity contribution in [2.45, 2.75) is 50.1 Å². The van der Waals surface area contributed by atoms with Crippen molar-refractivity contribution >= 4 is 41.7 Å². The molecule has 1 saturated heterocycles. The first-order valence-corrected chi connectivity index (χ1v) is 13.2. The number of nitrogens with zero attached hydrogens (tertiary/aromatic N) is 2. The van der Waals surface area contributed by atoms with E-state index in [-0.39, 0.29) is 59.4 Å². The summed E-state index contributed by atoms with van der Waals surface area (Å²) in [4.78, 5) is 29.9. The van der Waals surface area contributed by atoms with Gasteiger partial charge in [-0.25, -0.2) is 13.2 Å². The smallest absolute Gasteiger partial charge is 0.252 e. The second-order valence-corrected chi connectivity index (χ2v) is 10.6. The zero-order valence-corrected chi connectivity index (χ0v) is 23.5. The van der Waals surface area contributed by atoms with Crippen LogP contribution in [0.3, 0.4) is 0 Å². The van der Waals surface area contributed by atoms with E-state index in [9.17, 15) is 27.9 Å². The highest BCUT2D eigenvalue weighted by molar-refractivity contribution is 6.34. The molecule has 0 radical (unpaired) electrons. The largest absolute Gasteiger partial charge is 0.403 e. The summed E-state index contributed by atoms with van der Waals surface area (Å²) >= 11 is 11.6. The van der Waals surface area contributed by atoms with E-state index in [1.807, 2.05) is 0 Å². The molecule has 4 atom stereocenters. The summed E-state index contributed by atoms with van der Waals surface area (Å²) in [5.74, 6) is -2.81. The molecular weight excluding hydrogens is 586 g/mol. The van der Waals surface area contributed by atoms with Crippen LogP contribution in [0.4, 0.5) is 13.2 Å². The Kier molecular flexibility index (Phi) is 11.2. The maximum Gasteiger partial charge on any atom is 0.252 e. The summed E-state index contributed by atoms with van der Waals surface area (Å²) in [6.45, 7) is 0.886. The molecule has 1 fully saturated rings. The Bertz CT molecular complexity index is 1330. The number of benzene rings is 2. The highest BCUT2D eigenvalue weighted by Gasteiger charge is 2.33. The average Bonchev–Trinajstić information content (AvgIpc) is 2.93. The lowest BCUT2D eigenvalue weighted by atomic mass is 9.94. The number of allylic oxidation sites excluding steroid dienone is 1. The summed E-state index contributed by atoms with van der Waals surface area (Å²) < 4.78 is 47.6. The molecule has 4 unspecified atom stereocenters. The second-order valence-electron chi connectivity index (χ2n) is 9.71. The number of nitrogens with one attached hydrogen (secondary N) is 1. The SMILES string of the molecule is CC(O)(CCN(C=O)C(C=NC1COC(c2cc(F)ccc2F)C(N)C1)=CN)C(=O)NCc1cc(Cl)cc(Cl)c1F. The molecule has 0 saturated carbocycles. The third-order valence-corrected chi connectivity index (χ3v) is 7.04. The summed E-state index contributed by atoms with van der Waals surface area (Å²) in [6.07, 6.45) is 2.11. The number of rotatable bonds is 11. The molecule has 41 heavy (non-hydrogen) atoms. The van der Waals surface area contributed by atoms with Crippen LogP contribution in [0.2, 0.25) is 10.0 Å². The topological polar surface area (TPSA) is 143 Å². The number of carbonyl (C=O) groups is 2. The zero-order chi connectivity index (χ0) is 30.3. The second kappa shape index (κ2) is 14.1. The van der Waals surface area contributed by atoms with Crippen LogP contribution in [-0.4, -0.2) is 59.4 Å². The Morgan fingerprint density at radius 3 is 2.68 bits per heavy atom. The quantitative estimate of drug-likeness (QED) is 0.173. The van der Waals surface area contributed by atoms with Crippen LogP contribution in [0, 0.1) is 17.5 Å². The molecule has 222 valence electrons. The van der Waals surface area contributed by atoms with Gasteiger partial charge in [-0.15, -0.1) is 0 Å². The standard InChI is InChI=1S/C27H30Cl2F3N5O4/c1-27(40,26(39)36-11-15-6-16(28)7-21(29)24(15)32)4-5-37(14-38)19(10-33)12-35-18-9-23(34)25(41-13-18)20-8-17(30)2-3-22(20)31/h2-3,6-8,10,12,14,18,23,25,40H,4-5,9,11,13,33-34H2,1H3,(H,36,39). The average molecular weight is 616 g/mol. The van der Waals surface area contributed by atoms with Gasteiger partial charge in [0.15, 0.2) is 0 Å². The van der Waals surface area contributed by atoms with Crippen molar-refractivity contribution in [3.8, 4) is 0 Å². The lowest BCUT2D eigenvalue weighted by molar-refractivity contribution is -0.139. The number of amides is 2. The number of hydrogen-bond donors (Lipinski definition) is 4. The molecule has 9 nitrogen and oxygen atoms in total. The molecule has 0 aromatic heterocycles. The molecule has 2 aromatic carbocycles. The normalized spacial score (nSPS) is 21.0. The first-order chi connectivity index (χ1) is 19.4. The number of carbonyl (C=O) groups excluding carboxylic acids is 2. The first-order valence-electron chi connectivity index (χ1n) is 12.5. The van der Waals surface area contributed by atoms with Gasteiger partial charge in [0.05, 0.1) is 23.4 Å². The fourth-order valence-electron chi connectivity index (χ4n) is 4.19. The molecule has 1 aliphatic heterocycles. The maximum atomic E-state index is 14.2. The van der Waals surface area contributed by atoms with E-state index in [2.05, 4.69) is 10.3 Å². The number of aliphatic imine (C=N–C) groups is 1. The van der Waals surface area contributed by atoms with E-state index >= 15 is 0 Å². The Morgan fingerprint density at radius 2 is 2.02 bits per heavy atom. The van der Waals surface area contributed by atoms with Crippen LogP contribution < -0.4 is 16.8 Å². The molecule has 6 N–H and O–H groups in total. The van der Waals surface area contributed by atoms with Crippen LogP contribution in [-0.2, 0) is 20.9 Å². The van der Waals surface area contributed by atoms with E-state index in [0.29, 0.717) is 6.41 Å². The Labute approximate surface area is 244 Å². The molecular formula is C27H30Cl2F3N5O4. The van der Waals surface area contributed by atoms with E-state index in [1.165, 1.54) is 25.3 Å². The van der Waals surface area contributed by atoms with E-state index in [0.717, 1.165) is 29.3 Å². The number of hydrogen-bond acceptors (Lipinski definition) is 7. The van der Waals surface area contributed by atoms with E-state index in [4.69, 9.17) is 39.4 Å². The highest BCUT2D eigenvalue weighted by atomic mass is 35.5. The molecule has 0 spiro atoms. The van der Waals surface area contributed by atoms with Crippen molar-refractivity contribution in [1.29, 1.82) is 0 Å². The predicted molar refractivity (Wildman–Crippen MR) is 148 cm³/mol. The van der Waals surface area contributed by atoms with Gasteiger partial charge in [-0.1, -0.05) is 23.2 Å². The lowest BCUT2D eigenvalue weighted by Gasteiger charge is -2.33. The van der Waals surface area contributed by atoms with Crippen molar-refractivity contribution in [1.82, 2.24) is 10.2 Å². The van der Waals surface area contributed by atoms with Crippen LogP contribution >= 0.6 is 23.2 Å². The van der Waals surface area contributed by atoms with Crippen LogP contribution in [0.15, 0.2) is 47.2 Å². The van der Waals surface area contributed by atoms with Gasteiger partial charge >= 0.3 is 0 Å². The van der Waals surface area contributed by atoms with E-state index < -0.39 is 47.1 Å². The molecule has 1 aliphatic rings. The third kappa shape index (κ3) is 8.43. The van der Waals surface area contributed by atoms with Crippen LogP contribution in [0.5, 0.6) is 0 Å². The van der Waals surface area contributed by atoms with Gasteiger partial charge < -0.3 is 31.5 Å². The van der Waals surface area contributed by atoms with Gasteiger partial charge in [0.1, 0.15) is 29.2 Å². The monoisotopic (exact) mass is 615 g/mol. The molecule has 0 aliphatic carbocycles. The van der Waals surface area contributed by atoms with Gasteiger partial charge in [-0.05, 0) is 43.7 Å². The van der Waals surface area contributed by atoms with Crippen LogP contribution in [0.25, 0.3) is 0 Å². The minimum absolute atomic E-state index is 0.0205. The molecule has 2 amide bonds. The summed E-state index contributed by atoms with van der Waals surface area (Å²) in [5.41, 5.74) is 10.1. The van der Waals surface area contributed by atoms with Gasteiger partial charge in [-0.3, -0.25) is 14.6 Å². The Hall–Kier alpha value is -3.16. The summed E-state index contributed by atoms with van der Waals surface area (Å²) in [5, 5.41) is 13.1. The fourth-order valence-corrected chi connectivity index (χ4v) is 4.73. The van der Waals surface area contributed by atoms with Crippen molar-refractivity contribution < 1.29 is 32.6 Å². The van der Waals surface area contributed by atoms with Gasteiger partial charge in [-0.2, -0.15) is 0 Å². The number of halogens is 5. The Balaban J connectivity index is 1.56. The molecule has 14 heteroatoms. The number of aliphatic hydroxyl groups is 1. The fraction of sp³-hybridized carbons (Fsp3) is 0.370. The third-order valence-electron chi connectivity index (χ3n) is 6.55. The summed E-state index contributed by atoms with van der Waals surface area (Å²) in [7, 11) is 0. The number of nitrogens with two attached hydrogens (primary N) is 2. The van der Waals surface area contributed by atoms with Crippen molar-refractivity contribution in [3.05, 3.63) is 80.9 Å². The highest BCUT2D eigenvalue weighted by Crippen LogP contribution is 2.31. The zero-order valence-electron chi connectivity index (χ0n) is 22.0. The first kappa shape index (κ1) is 32.4. The molecule has 2 aromatic rings. The van der Waals surface area contributed by atoms with Gasteiger partial charge in [0, 0.05) is 54.1 Å². The van der Waals surface area contributed by atoms with Crippen LogP contribution in [0.1, 0.15) is 37.0 Å². The van der Waals surface area contributed by atoms with Gasteiger partial charge in [0.2, 0.25) is 6.41 Å². The number of ether oxygens (including phenoxy) is 1. The minimum atomic E-state index is -1.94. The maximum absolute atomic E-state index is 14.2. The lowest BCUT2D eigenvalue weighted by Crippen LogP contribution is -2.46. The molecule has 0 bridgehead atoms. The molecule has 1 heterocycles. The van der Waals surface area contributed by atoms with Crippen molar-refractivity contribution in [2.24, 2.45) is 16.5 Å². The molecule has 3 rings (SSSR count). The van der Waals surface area contributed by atoms with E-state index in [1.54, 1.807) is 0 Å². The Morgan fingerprint density at radius 1 is 1.29 bits per heavy atom. The van der Waals surface area contributed by atoms with Crippen molar-refractivity contribution in [2.75, 3.05) is 13.2 Å². The minimum Gasteiger partial charge on any atom is -0.403 e. The summed E-state index contributed by atoms with van der Waals surface area (Å²) in [6, 6.07) is 4.43. The predicted octanol–water partition coefficient (Wildman–Crippen LogP) is 3.35. The van der Waals surface area contributed by atoms with Crippen molar-refractivity contribution in [3.63, 3.8) is 0 Å². The van der Waals surface area contributed by atoms with Gasteiger partial charge in [0.25, 0.3) is 5.91 Å².